The van der Waals surface area contributed by atoms with E-state index in [9.17, 15) is 14.4 Å². The van der Waals surface area contributed by atoms with Crippen LogP contribution in [0.15, 0.2) is 0 Å². The molecule has 0 unspecified atom stereocenters. The molecule has 1 amide bonds. The second-order valence-corrected chi connectivity index (χ2v) is 3.68. The summed E-state index contributed by atoms with van der Waals surface area (Å²) in [5, 5.41) is 2.58. The van der Waals surface area contributed by atoms with Crippen molar-refractivity contribution < 1.29 is 19.1 Å². The molecule has 0 radical (unpaired) electrons. The van der Waals surface area contributed by atoms with Crippen LogP contribution in [0.2, 0.25) is 0 Å². The van der Waals surface area contributed by atoms with E-state index in [4.69, 9.17) is 0 Å². The van der Waals surface area contributed by atoms with Crippen LogP contribution in [0.3, 0.4) is 0 Å². The van der Waals surface area contributed by atoms with Crippen LogP contribution in [-0.4, -0.2) is 30.8 Å². The normalized spacial score (nSPS) is 11.7. The molecule has 0 aromatic rings. The highest BCUT2D eigenvalue weighted by atomic mass is 16.5. The quantitative estimate of drug-likeness (QED) is 0.518. The fraction of sp³-hybridized carbons (Fsp3) is 0.727. The standard InChI is InChI=1S/C11H19NO4/c1-8(9(2)13)12-10(14)6-4-5-7-11(15)16-3/h8H,4-7H2,1-3H3,(H,12,14)/t8-/m0/s1. The van der Waals surface area contributed by atoms with E-state index in [-0.39, 0.29) is 17.7 Å². The average molecular weight is 229 g/mol. The molecule has 1 N–H and O–H groups in total. The van der Waals surface area contributed by atoms with Crippen molar-refractivity contribution >= 4 is 17.7 Å². The molecule has 0 aliphatic heterocycles. The highest BCUT2D eigenvalue weighted by Gasteiger charge is 2.10. The molecule has 0 bridgehead atoms. The fourth-order valence-electron chi connectivity index (χ4n) is 1.07. The summed E-state index contributed by atoms with van der Waals surface area (Å²) in [4.78, 5) is 32.9. The van der Waals surface area contributed by atoms with Crippen molar-refractivity contribution in [1.29, 1.82) is 0 Å². The number of ether oxygens (including phenoxy) is 1. The van der Waals surface area contributed by atoms with Gasteiger partial charge in [-0.3, -0.25) is 14.4 Å². The Morgan fingerprint density at radius 1 is 1.19 bits per heavy atom. The lowest BCUT2D eigenvalue weighted by Gasteiger charge is -2.09. The van der Waals surface area contributed by atoms with Crippen LogP contribution in [0.25, 0.3) is 0 Å². The molecular weight excluding hydrogens is 210 g/mol. The predicted molar refractivity (Wildman–Crippen MR) is 58.8 cm³/mol. The van der Waals surface area contributed by atoms with Crippen molar-refractivity contribution in [2.75, 3.05) is 7.11 Å². The molecule has 0 aliphatic carbocycles. The molecule has 16 heavy (non-hydrogen) atoms. The van der Waals surface area contributed by atoms with Gasteiger partial charge < -0.3 is 10.1 Å². The second kappa shape index (κ2) is 7.84. The molecule has 92 valence electrons. The lowest BCUT2D eigenvalue weighted by Crippen LogP contribution is -2.37. The molecule has 5 heteroatoms. The van der Waals surface area contributed by atoms with Crippen molar-refractivity contribution in [3.8, 4) is 0 Å². The Bertz CT molecular complexity index is 263. The van der Waals surface area contributed by atoms with E-state index >= 15 is 0 Å². The number of amides is 1. The minimum atomic E-state index is -0.437. The molecule has 0 aromatic carbocycles. The van der Waals surface area contributed by atoms with Gasteiger partial charge in [-0.05, 0) is 26.7 Å². The third-order valence-corrected chi connectivity index (χ3v) is 2.25. The zero-order valence-corrected chi connectivity index (χ0v) is 10.0. The van der Waals surface area contributed by atoms with Crippen LogP contribution in [0, 0.1) is 0 Å². The molecule has 0 saturated heterocycles. The minimum Gasteiger partial charge on any atom is -0.469 e. The highest BCUT2D eigenvalue weighted by Crippen LogP contribution is 2.01. The molecule has 0 aromatic heterocycles. The number of ketones is 1. The van der Waals surface area contributed by atoms with Gasteiger partial charge in [0, 0.05) is 12.8 Å². The van der Waals surface area contributed by atoms with Gasteiger partial charge in [0.15, 0.2) is 5.78 Å². The van der Waals surface area contributed by atoms with Crippen molar-refractivity contribution in [3.63, 3.8) is 0 Å². The number of unbranched alkanes of at least 4 members (excludes halogenated alkanes) is 1. The summed E-state index contributed by atoms with van der Waals surface area (Å²) in [5.41, 5.74) is 0. The van der Waals surface area contributed by atoms with Crippen LogP contribution >= 0.6 is 0 Å². The van der Waals surface area contributed by atoms with Crippen LogP contribution < -0.4 is 5.32 Å². The molecule has 0 fully saturated rings. The SMILES string of the molecule is COC(=O)CCCCC(=O)N[C@@H](C)C(C)=O. The Balaban J connectivity index is 3.59. The third kappa shape index (κ3) is 6.98. The lowest BCUT2D eigenvalue weighted by atomic mass is 10.1. The van der Waals surface area contributed by atoms with E-state index in [0.717, 1.165) is 0 Å². The molecule has 0 spiro atoms. The first-order valence-corrected chi connectivity index (χ1v) is 5.34. The highest BCUT2D eigenvalue weighted by molar-refractivity contribution is 5.87. The Morgan fingerprint density at radius 3 is 2.25 bits per heavy atom. The second-order valence-electron chi connectivity index (χ2n) is 3.68. The molecule has 0 saturated carbocycles. The molecule has 0 heterocycles. The summed E-state index contributed by atoms with van der Waals surface area (Å²) in [6, 6.07) is -0.437. The lowest BCUT2D eigenvalue weighted by molar-refractivity contribution is -0.140. The molecule has 0 aliphatic rings. The van der Waals surface area contributed by atoms with Gasteiger partial charge in [0.1, 0.15) is 0 Å². The summed E-state index contributed by atoms with van der Waals surface area (Å²) in [5.74, 6) is -0.493. The van der Waals surface area contributed by atoms with E-state index < -0.39 is 6.04 Å². The first-order chi connectivity index (χ1) is 7.47. The largest absolute Gasteiger partial charge is 0.469 e. The third-order valence-electron chi connectivity index (χ3n) is 2.25. The minimum absolute atomic E-state index is 0.0667. The van der Waals surface area contributed by atoms with E-state index in [1.807, 2.05) is 0 Å². The number of hydrogen-bond donors (Lipinski definition) is 1. The number of nitrogens with one attached hydrogen (secondary N) is 1. The van der Waals surface area contributed by atoms with Gasteiger partial charge in [0.2, 0.25) is 5.91 Å². The van der Waals surface area contributed by atoms with Gasteiger partial charge in [-0.25, -0.2) is 0 Å². The van der Waals surface area contributed by atoms with Crippen molar-refractivity contribution in [1.82, 2.24) is 5.32 Å². The molecular formula is C11H19NO4. The summed E-state index contributed by atoms with van der Waals surface area (Å²) < 4.78 is 4.47. The summed E-state index contributed by atoms with van der Waals surface area (Å²) in [6.07, 6.45) is 1.89. The number of methoxy groups -OCH3 is 1. The van der Waals surface area contributed by atoms with Crippen molar-refractivity contribution in [3.05, 3.63) is 0 Å². The summed E-state index contributed by atoms with van der Waals surface area (Å²) >= 11 is 0. The van der Waals surface area contributed by atoms with Gasteiger partial charge >= 0.3 is 5.97 Å². The summed E-state index contributed by atoms with van der Waals surface area (Å²) in [6.45, 7) is 3.08. The number of hydrogen-bond acceptors (Lipinski definition) is 4. The van der Waals surface area contributed by atoms with Crippen LogP contribution in [-0.2, 0) is 19.1 Å². The summed E-state index contributed by atoms with van der Waals surface area (Å²) in [7, 11) is 1.34. The van der Waals surface area contributed by atoms with Crippen molar-refractivity contribution in [2.45, 2.75) is 45.6 Å². The maximum Gasteiger partial charge on any atom is 0.305 e. The van der Waals surface area contributed by atoms with Gasteiger partial charge in [0.05, 0.1) is 13.2 Å². The smallest absolute Gasteiger partial charge is 0.305 e. The zero-order chi connectivity index (χ0) is 12.6. The van der Waals surface area contributed by atoms with E-state index in [1.165, 1.54) is 14.0 Å². The van der Waals surface area contributed by atoms with Crippen LogP contribution in [0.4, 0.5) is 0 Å². The van der Waals surface area contributed by atoms with Gasteiger partial charge in [-0.15, -0.1) is 0 Å². The first kappa shape index (κ1) is 14.6. The van der Waals surface area contributed by atoms with Crippen molar-refractivity contribution in [2.24, 2.45) is 0 Å². The molecule has 5 nitrogen and oxygen atoms in total. The number of carbonyl (C=O) groups excluding carboxylic acids is 3. The number of carbonyl (C=O) groups is 3. The van der Waals surface area contributed by atoms with Gasteiger partial charge in [-0.1, -0.05) is 0 Å². The fourth-order valence-corrected chi connectivity index (χ4v) is 1.07. The maximum atomic E-state index is 11.3. The Morgan fingerprint density at radius 2 is 1.75 bits per heavy atom. The average Bonchev–Trinajstić information content (AvgIpc) is 2.23. The van der Waals surface area contributed by atoms with Gasteiger partial charge in [0.25, 0.3) is 0 Å². The number of rotatable bonds is 7. The maximum absolute atomic E-state index is 11.3. The topological polar surface area (TPSA) is 72.5 Å². The molecule has 1 atom stereocenters. The van der Waals surface area contributed by atoms with E-state index in [1.54, 1.807) is 6.92 Å². The first-order valence-electron chi connectivity index (χ1n) is 5.34. The van der Waals surface area contributed by atoms with Gasteiger partial charge in [-0.2, -0.15) is 0 Å². The molecule has 0 rings (SSSR count). The van der Waals surface area contributed by atoms with Crippen LogP contribution in [0.5, 0.6) is 0 Å². The van der Waals surface area contributed by atoms with Crippen LogP contribution in [0.1, 0.15) is 39.5 Å². The monoisotopic (exact) mass is 229 g/mol. The zero-order valence-electron chi connectivity index (χ0n) is 10.0. The Labute approximate surface area is 95.5 Å². The Hall–Kier alpha value is -1.39. The van der Waals surface area contributed by atoms with E-state index in [2.05, 4.69) is 10.1 Å². The predicted octanol–water partition coefficient (Wildman–Crippen LogP) is 0.813. The van der Waals surface area contributed by atoms with E-state index in [0.29, 0.717) is 25.7 Å². The number of esters is 1. The number of Topliss-reactive ketones (excluding diaryl/α,β-unsaturated/α-hetero) is 1. The Kier molecular flexibility index (Phi) is 7.16.